The Balaban J connectivity index is 1.71. The second-order valence-corrected chi connectivity index (χ2v) is 6.89. The van der Waals surface area contributed by atoms with Gasteiger partial charge in [-0.2, -0.15) is 0 Å². The van der Waals surface area contributed by atoms with Crippen molar-refractivity contribution in [3.63, 3.8) is 0 Å². The number of carbonyl (C=O) groups is 2. The van der Waals surface area contributed by atoms with E-state index in [4.69, 9.17) is 24.3 Å². The van der Waals surface area contributed by atoms with Crippen molar-refractivity contribution in [1.29, 1.82) is 0 Å². The fourth-order valence-corrected chi connectivity index (χ4v) is 2.44. The number of unbranched alkanes of at least 4 members (excludes halogenated alkanes) is 1. The van der Waals surface area contributed by atoms with Gasteiger partial charge in [0, 0.05) is 0 Å². The fraction of sp³-hybridized carbons (Fsp3) is 0.364. The lowest BCUT2D eigenvalue weighted by atomic mass is 9.80. The predicted molar refractivity (Wildman–Crippen MR) is 113 cm³/mol. The van der Waals surface area contributed by atoms with E-state index in [1.54, 1.807) is 24.3 Å². The van der Waals surface area contributed by atoms with Crippen LogP contribution in [0.2, 0.25) is 0 Å². The molecule has 0 saturated carbocycles. The summed E-state index contributed by atoms with van der Waals surface area (Å²) in [7, 11) is -1.57. The number of ether oxygens (including phenoxy) is 3. The molecule has 0 aliphatic rings. The molecular weight excluding hydrogens is 387 g/mol. The maximum atomic E-state index is 12.2. The molecule has 2 N–H and O–H groups in total. The molecule has 0 aromatic heterocycles. The molecule has 30 heavy (non-hydrogen) atoms. The Morgan fingerprint density at radius 2 is 1.53 bits per heavy atom. The molecule has 0 saturated heterocycles. The number of benzene rings is 2. The summed E-state index contributed by atoms with van der Waals surface area (Å²) < 4.78 is 16.1. The highest BCUT2D eigenvalue weighted by Gasteiger charge is 2.13. The zero-order chi connectivity index (χ0) is 21.9. The first kappa shape index (κ1) is 23.4. The summed E-state index contributed by atoms with van der Waals surface area (Å²) >= 11 is 0. The maximum absolute atomic E-state index is 12.2. The Morgan fingerprint density at radius 1 is 0.933 bits per heavy atom. The standard InChI is InChI=1S/C22H27BO7/c1-3-16(2)21(24)29-15-5-4-14-28-19-10-6-17(7-11-19)22(25)30-20-12-8-18(9-13-20)23(26)27/h6-13,16,26-27H,3-5,14-15H2,1-2H3. The minimum absolute atomic E-state index is 0.0701. The van der Waals surface area contributed by atoms with Gasteiger partial charge < -0.3 is 24.3 Å². The quantitative estimate of drug-likeness (QED) is 0.252. The molecule has 0 amide bonds. The van der Waals surface area contributed by atoms with Gasteiger partial charge in [-0.05, 0) is 61.1 Å². The van der Waals surface area contributed by atoms with Crippen molar-refractivity contribution in [1.82, 2.24) is 0 Å². The second kappa shape index (κ2) is 12.0. The van der Waals surface area contributed by atoms with Crippen molar-refractivity contribution in [3.8, 4) is 11.5 Å². The molecule has 2 rings (SSSR count). The van der Waals surface area contributed by atoms with Crippen LogP contribution in [0.3, 0.4) is 0 Å². The van der Waals surface area contributed by atoms with Gasteiger partial charge in [-0.15, -0.1) is 0 Å². The number of hydrogen-bond acceptors (Lipinski definition) is 7. The second-order valence-electron chi connectivity index (χ2n) is 6.89. The van der Waals surface area contributed by atoms with Gasteiger partial charge in [0.05, 0.1) is 24.7 Å². The van der Waals surface area contributed by atoms with Crippen molar-refractivity contribution in [2.24, 2.45) is 5.92 Å². The van der Waals surface area contributed by atoms with E-state index in [0.29, 0.717) is 35.7 Å². The number of rotatable bonds is 11. The van der Waals surface area contributed by atoms with Crippen molar-refractivity contribution in [2.45, 2.75) is 33.1 Å². The van der Waals surface area contributed by atoms with Crippen molar-refractivity contribution in [2.75, 3.05) is 13.2 Å². The van der Waals surface area contributed by atoms with E-state index < -0.39 is 13.1 Å². The van der Waals surface area contributed by atoms with Crippen LogP contribution >= 0.6 is 0 Å². The normalized spacial score (nSPS) is 11.5. The van der Waals surface area contributed by atoms with Crippen molar-refractivity contribution >= 4 is 24.5 Å². The van der Waals surface area contributed by atoms with Crippen LogP contribution in [0.5, 0.6) is 11.5 Å². The summed E-state index contributed by atoms with van der Waals surface area (Å²) in [4.78, 5) is 23.8. The zero-order valence-corrected chi connectivity index (χ0v) is 17.2. The highest BCUT2D eigenvalue weighted by Crippen LogP contribution is 2.16. The Labute approximate surface area is 176 Å². The Morgan fingerprint density at radius 3 is 2.13 bits per heavy atom. The molecule has 0 bridgehead atoms. The van der Waals surface area contributed by atoms with Gasteiger partial charge in [-0.25, -0.2) is 4.79 Å². The van der Waals surface area contributed by atoms with Gasteiger partial charge in [0.1, 0.15) is 11.5 Å². The number of esters is 2. The lowest BCUT2D eigenvalue weighted by molar-refractivity contribution is -0.148. The van der Waals surface area contributed by atoms with Crippen molar-refractivity contribution < 1.29 is 33.8 Å². The predicted octanol–water partition coefficient (Wildman–Crippen LogP) is 2.33. The van der Waals surface area contributed by atoms with E-state index in [9.17, 15) is 9.59 Å². The molecule has 0 aliphatic heterocycles. The van der Waals surface area contributed by atoms with E-state index in [-0.39, 0.29) is 11.9 Å². The van der Waals surface area contributed by atoms with Gasteiger partial charge in [0.25, 0.3) is 0 Å². The zero-order valence-electron chi connectivity index (χ0n) is 17.2. The van der Waals surface area contributed by atoms with Crippen LogP contribution in [0, 0.1) is 5.92 Å². The summed E-state index contributed by atoms with van der Waals surface area (Å²) in [5, 5.41) is 18.1. The first-order valence-corrected chi connectivity index (χ1v) is 9.98. The fourth-order valence-electron chi connectivity index (χ4n) is 2.44. The van der Waals surface area contributed by atoms with E-state index in [2.05, 4.69) is 0 Å². The summed E-state index contributed by atoms with van der Waals surface area (Å²) in [6.07, 6.45) is 2.24. The minimum atomic E-state index is -1.57. The lowest BCUT2D eigenvalue weighted by Crippen LogP contribution is -2.29. The third-order valence-electron chi connectivity index (χ3n) is 4.55. The topological polar surface area (TPSA) is 102 Å². The molecule has 2 aromatic carbocycles. The first-order chi connectivity index (χ1) is 14.4. The molecule has 8 heteroatoms. The Kier molecular flexibility index (Phi) is 9.37. The molecule has 0 radical (unpaired) electrons. The first-order valence-electron chi connectivity index (χ1n) is 9.98. The summed E-state index contributed by atoms with van der Waals surface area (Å²) in [6, 6.07) is 12.5. The van der Waals surface area contributed by atoms with Crippen LogP contribution in [0.4, 0.5) is 0 Å². The van der Waals surface area contributed by atoms with Gasteiger partial charge in [0.2, 0.25) is 0 Å². The summed E-state index contributed by atoms with van der Waals surface area (Å²) in [5.74, 6) is 0.173. The van der Waals surface area contributed by atoms with E-state index in [1.807, 2.05) is 13.8 Å². The molecule has 1 atom stereocenters. The van der Waals surface area contributed by atoms with Crippen LogP contribution in [-0.4, -0.2) is 42.3 Å². The third-order valence-corrected chi connectivity index (χ3v) is 4.55. The molecule has 0 spiro atoms. The van der Waals surface area contributed by atoms with Crippen LogP contribution in [0.1, 0.15) is 43.5 Å². The largest absolute Gasteiger partial charge is 0.494 e. The van der Waals surface area contributed by atoms with Crippen LogP contribution in [0.15, 0.2) is 48.5 Å². The Bertz CT molecular complexity index is 803. The highest BCUT2D eigenvalue weighted by molar-refractivity contribution is 6.58. The van der Waals surface area contributed by atoms with E-state index >= 15 is 0 Å². The smallest absolute Gasteiger partial charge is 0.488 e. The molecule has 160 valence electrons. The summed E-state index contributed by atoms with van der Waals surface area (Å²) in [5.41, 5.74) is 0.676. The van der Waals surface area contributed by atoms with Crippen molar-refractivity contribution in [3.05, 3.63) is 54.1 Å². The lowest BCUT2D eigenvalue weighted by Gasteiger charge is -2.10. The van der Waals surface area contributed by atoms with Gasteiger partial charge in [0.15, 0.2) is 0 Å². The van der Waals surface area contributed by atoms with Crippen LogP contribution < -0.4 is 14.9 Å². The third kappa shape index (κ3) is 7.53. The van der Waals surface area contributed by atoms with Crippen LogP contribution in [0.25, 0.3) is 0 Å². The number of hydrogen-bond donors (Lipinski definition) is 2. The van der Waals surface area contributed by atoms with Gasteiger partial charge in [-0.1, -0.05) is 26.0 Å². The minimum Gasteiger partial charge on any atom is -0.494 e. The highest BCUT2D eigenvalue weighted by atomic mass is 16.5. The molecule has 7 nitrogen and oxygen atoms in total. The molecule has 0 heterocycles. The van der Waals surface area contributed by atoms with E-state index in [1.165, 1.54) is 24.3 Å². The van der Waals surface area contributed by atoms with Gasteiger partial charge in [-0.3, -0.25) is 4.79 Å². The van der Waals surface area contributed by atoms with Crippen LogP contribution in [-0.2, 0) is 9.53 Å². The Hall–Kier alpha value is -2.84. The average Bonchev–Trinajstić information content (AvgIpc) is 2.76. The maximum Gasteiger partial charge on any atom is 0.488 e. The SMILES string of the molecule is CCC(C)C(=O)OCCCCOc1ccc(C(=O)Oc2ccc(B(O)O)cc2)cc1. The molecule has 1 unspecified atom stereocenters. The number of carbonyl (C=O) groups excluding carboxylic acids is 2. The molecule has 0 fully saturated rings. The van der Waals surface area contributed by atoms with Gasteiger partial charge >= 0.3 is 19.1 Å². The average molecular weight is 414 g/mol. The molecule has 0 aliphatic carbocycles. The molecular formula is C22H27BO7. The van der Waals surface area contributed by atoms with E-state index in [0.717, 1.165) is 19.3 Å². The summed E-state index contributed by atoms with van der Waals surface area (Å²) in [6.45, 7) is 4.67. The monoisotopic (exact) mass is 414 g/mol. The molecule has 2 aromatic rings.